The summed E-state index contributed by atoms with van der Waals surface area (Å²) in [5.74, 6) is 1.16. The highest BCUT2D eigenvalue weighted by Gasteiger charge is 2.38. The van der Waals surface area contributed by atoms with Gasteiger partial charge in [0.15, 0.2) is 0 Å². The number of nitrogens with two attached hydrogens (primary N) is 1. The van der Waals surface area contributed by atoms with Crippen molar-refractivity contribution < 1.29 is 13.2 Å². The van der Waals surface area contributed by atoms with Gasteiger partial charge in [-0.15, -0.1) is 0 Å². The molecule has 2 N–H and O–H groups in total. The summed E-state index contributed by atoms with van der Waals surface area (Å²) in [6.07, 6.45) is 3.66. The lowest BCUT2D eigenvalue weighted by molar-refractivity contribution is 0.0780. The monoisotopic (exact) mass is 308 g/mol. The van der Waals surface area contributed by atoms with Gasteiger partial charge in [-0.1, -0.05) is 6.42 Å². The Morgan fingerprint density at radius 1 is 1.19 bits per heavy atom. The van der Waals surface area contributed by atoms with Crippen LogP contribution in [0.3, 0.4) is 0 Å². The van der Waals surface area contributed by atoms with Gasteiger partial charge in [0.25, 0.3) is 5.91 Å². The number of sulfonamides is 1. The molecule has 1 aliphatic heterocycles. The quantitative estimate of drug-likeness (QED) is 0.899. The van der Waals surface area contributed by atoms with E-state index in [1.54, 1.807) is 13.0 Å². The van der Waals surface area contributed by atoms with E-state index in [1.165, 1.54) is 31.4 Å². The molecule has 1 amide bonds. The first kappa shape index (κ1) is 14.5. The van der Waals surface area contributed by atoms with Crippen molar-refractivity contribution in [1.82, 2.24) is 4.90 Å². The standard InChI is InChI=1S/C15H20N2O3S/c1-10-5-13(7-14(6-10)21(16,19)20)15(18)17-8-11-3-2-4-12(11)9-17/h5-7,11-12H,2-4,8-9H2,1H3,(H2,16,19,20). The van der Waals surface area contributed by atoms with Crippen LogP contribution in [-0.2, 0) is 10.0 Å². The molecule has 1 aromatic rings. The lowest BCUT2D eigenvalue weighted by Crippen LogP contribution is -2.29. The Hall–Kier alpha value is -1.40. The van der Waals surface area contributed by atoms with Crippen molar-refractivity contribution in [1.29, 1.82) is 0 Å². The molecule has 5 nitrogen and oxygen atoms in total. The Morgan fingerprint density at radius 3 is 2.38 bits per heavy atom. The maximum atomic E-state index is 12.6. The molecule has 21 heavy (non-hydrogen) atoms. The number of fused-ring (bicyclic) bond motifs is 1. The van der Waals surface area contributed by atoms with Gasteiger partial charge in [-0.05, 0) is 55.4 Å². The molecule has 114 valence electrons. The van der Waals surface area contributed by atoms with Gasteiger partial charge < -0.3 is 4.90 Å². The Bertz CT molecular complexity index is 672. The van der Waals surface area contributed by atoms with Crippen LogP contribution in [-0.4, -0.2) is 32.3 Å². The van der Waals surface area contributed by atoms with Crippen LogP contribution >= 0.6 is 0 Å². The first-order valence-corrected chi connectivity index (χ1v) is 8.83. The van der Waals surface area contributed by atoms with Crippen molar-refractivity contribution in [3.63, 3.8) is 0 Å². The zero-order chi connectivity index (χ0) is 15.2. The fourth-order valence-electron chi connectivity index (χ4n) is 3.62. The molecule has 1 saturated heterocycles. The van der Waals surface area contributed by atoms with E-state index in [9.17, 15) is 13.2 Å². The summed E-state index contributed by atoms with van der Waals surface area (Å²) < 4.78 is 23.0. The van der Waals surface area contributed by atoms with Gasteiger partial charge in [-0.2, -0.15) is 0 Å². The Balaban J connectivity index is 1.87. The van der Waals surface area contributed by atoms with Gasteiger partial charge in [-0.3, -0.25) is 4.79 Å². The van der Waals surface area contributed by atoms with Crippen LogP contribution < -0.4 is 5.14 Å². The van der Waals surface area contributed by atoms with E-state index in [4.69, 9.17) is 5.14 Å². The predicted octanol–water partition coefficient (Wildman–Crippen LogP) is 1.51. The molecule has 0 radical (unpaired) electrons. The third kappa shape index (κ3) is 2.82. The van der Waals surface area contributed by atoms with E-state index in [2.05, 4.69) is 0 Å². The number of nitrogens with zero attached hydrogens (tertiary/aromatic N) is 1. The molecular formula is C15H20N2O3S. The number of primary sulfonamides is 1. The second-order valence-electron chi connectivity index (χ2n) is 6.24. The molecule has 1 saturated carbocycles. The highest BCUT2D eigenvalue weighted by atomic mass is 32.2. The van der Waals surface area contributed by atoms with Crippen molar-refractivity contribution in [3.8, 4) is 0 Å². The van der Waals surface area contributed by atoms with E-state index in [0.29, 0.717) is 17.4 Å². The second-order valence-corrected chi connectivity index (χ2v) is 7.80. The van der Waals surface area contributed by atoms with E-state index in [-0.39, 0.29) is 10.8 Å². The summed E-state index contributed by atoms with van der Waals surface area (Å²) in [6.45, 7) is 3.36. The Labute approximate surface area is 125 Å². The molecule has 1 aliphatic carbocycles. The lowest BCUT2D eigenvalue weighted by atomic mass is 10.0. The number of aryl methyl sites for hydroxylation is 1. The lowest BCUT2D eigenvalue weighted by Gasteiger charge is -2.18. The first-order chi connectivity index (χ1) is 9.84. The molecule has 2 unspecified atom stereocenters. The highest BCUT2D eigenvalue weighted by molar-refractivity contribution is 7.89. The average Bonchev–Trinajstić information content (AvgIpc) is 2.96. The van der Waals surface area contributed by atoms with Gasteiger partial charge in [0, 0.05) is 18.7 Å². The van der Waals surface area contributed by atoms with E-state index in [0.717, 1.165) is 18.7 Å². The minimum Gasteiger partial charge on any atom is -0.338 e. The molecular weight excluding hydrogens is 288 g/mol. The molecule has 2 fully saturated rings. The molecule has 6 heteroatoms. The number of amides is 1. The molecule has 2 atom stereocenters. The largest absolute Gasteiger partial charge is 0.338 e. The van der Waals surface area contributed by atoms with Gasteiger partial charge in [0.05, 0.1) is 4.90 Å². The number of carbonyl (C=O) groups is 1. The molecule has 2 aliphatic rings. The minimum atomic E-state index is -3.79. The predicted molar refractivity (Wildman–Crippen MR) is 79.3 cm³/mol. The molecule has 3 rings (SSSR count). The number of benzene rings is 1. The van der Waals surface area contributed by atoms with Crippen LogP contribution in [0.4, 0.5) is 0 Å². The maximum absolute atomic E-state index is 12.6. The van der Waals surface area contributed by atoms with Crippen LogP contribution in [0, 0.1) is 18.8 Å². The summed E-state index contributed by atoms with van der Waals surface area (Å²) in [7, 11) is -3.79. The number of carbonyl (C=O) groups excluding carboxylic acids is 1. The third-order valence-electron chi connectivity index (χ3n) is 4.64. The summed E-state index contributed by atoms with van der Waals surface area (Å²) >= 11 is 0. The van der Waals surface area contributed by atoms with Crippen molar-refractivity contribution in [2.45, 2.75) is 31.1 Å². The summed E-state index contributed by atoms with van der Waals surface area (Å²) in [4.78, 5) is 14.5. The number of hydrogen-bond donors (Lipinski definition) is 1. The zero-order valence-electron chi connectivity index (χ0n) is 12.1. The van der Waals surface area contributed by atoms with Crippen LogP contribution in [0.1, 0.15) is 35.2 Å². The zero-order valence-corrected chi connectivity index (χ0v) is 12.9. The van der Waals surface area contributed by atoms with Crippen LogP contribution in [0.25, 0.3) is 0 Å². The number of rotatable bonds is 2. The number of likely N-dealkylation sites (tertiary alicyclic amines) is 1. The average molecular weight is 308 g/mol. The normalized spacial score (nSPS) is 25.1. The summed E-state index contributed by atoms with van der Waals surface area (Å²) in [5.41, 5.74) is 1.14. The van der Waals surface area contributed by atoms with Crippen molar-refractivity contribution >= 4 is 15.9 Å². The van der Waals surface area contributed by atoms with Crippen molar-refractivity contribution in [3.05, 3.63) is 29.3 Å². The first-order valence-electron chi connectivity index (χ1n) is 7.28. The fourth-order valence-corrected chi connectivity index (χ4v) is 4.26. The van der Waals surface area contributed by atoms with E-state index in [1.807, 2.05) is 4.90 Å². The van der Waals surface area contributed by atoms with Crippen molar-refractivity contribution in [2.75, 3.05) is 13.1 Å². The Kier molecular flexibility index (Phi) is 3.53. The van der Waals surface area contributed by atoms with Crippen molar-refractivity contribution in [2.24, 2.45) is 17.0 Å². The van der Waals surface area contributed by atoms with Gasteiger partial charge in [0.1, 0.15) is 0 Å². The third-order valence-corrected chi connectivity index (χ3v) is 5.53. The highest BCUT2D eigenvalue weighted by Crippen LogP contribution is 2.38. The maximum Gasteiger partial charge on any atom is 0.253 e. The Morgan fingerprint density at radius 2 is 1.81 bits per heavy atom. The topological polar surface area (TPSA) is 80.5 Å². The van der Waals surface area contributed by atoms with Gasteiger partial charge in [-0.25, -0.2) is 13.6 Å². The minimum absolute atomic E-state index is 0.00485. The van der Waals surface area contributed by atoms with E-state index >= 15 is 0 Å². The van der Waals surface area contributed by atoms with Gasteiger partial charge >= 0.3 is 0 Å². The smallest absolute Gasteiger partial charge is 0.253 e. The summed E-state index contributed by atoms with van der Waals surface area (Å²) in [6, 6.07) is 4.61. The van der Waals surface area contributed by atoms with Gasteiger partial charge in [0.2, 0.25) is 10.0 Å². The van der Waals surface area contributed by atoms with Crippen LogP contribution in [0.5, 0.6) is 0 Å². The number of hydrogen-bond acceptors (Lipinski definition) is 3. The molecule has 1 aromatic carbocycles. The second kappa shape index (κ2) is 5.10. The SMILES string of the molecule is Cc1cc(C(=O)N2CC3CCCC3C2)cc(S(N)(=O)=O)c1. The fraction of sp³-hybridized carbons (Fsp3) is 0.533. The van der Waals surface area contributed by atoms with E-state index < -0.39 is 10.0 Å². The molecule has 0 bridgehead atoms. The van der Waals surface area contributed by atoms with Crippen LogP contribution in [0.15, 0.2) is 23.1 Å². The molecule has 0 aromatic heterocycles. The molecule has 0 spiro atoms. The molecule has 1 heterocycles. The van der Waals surface area contributed by atoms with Crippen LogP contribution in [0.2, 0.25) is 0 Å². The summed E-state index contributed by atoms with van der Waals surface area (Å²) in [5, 5.41) is 5.17.